The Kier molecular flexibility index (Phi) is 3.85. The van der Waals surface area contributed by atoms with Gasteiger partial charge in [-0.15, -0.1) is 0 Å². The molecule has 0 aromatic rings. The number of alkyl halides is 3. The van der Waals surface area contributed by atoms with Crippen molar-refractivity contribution in [1.82, 2.24) is 0 Å². The Bertz CT molecular complexity index is 376. The summed E-state index contributed by atoms with van der Waals surface area (Å²) >= 11 is 0. The molecule has 0 aromatic heterocycles. The Morgan fingerprint density at radius 2 is 1.80 bits per heavy atom. The summed E-state index contributed by atoms with van der Waals surface area (Å²) in [5.74, 6) is 0.516. The van der Waals surface area contributed by atoms with Crippen LogP contribution >= 0.6 is 0 Å². The molecule has 3 aliphatic carbocycles. The molecule has 0 aromatic carbocycles. The number of carbonyl (C=O) groups excluding carboxylic acids is 1. The van der Waals surface area contributed by atoms with Crippen LogP contribution in [0.15, 0.2) is 0 Å². The van der Waals surface area contributed by atoms with Gasteiger partial charge in [-0.2, -0.15) is 13.2 Å². The number of fused-ring (bicyclic) bond motifs is 2. The molecule has 20 heavy (non-hydrogen) atoms. The molecule has 3 fully saturated rings. The van der Waals surface area contributed by atoms with Crippen LogP contribution in [0, 0.1) is 29.6 Å². The van der Waals surface area contributed by atoms with Crippen LogP contribution in [0.5, 0.6) is 0 Å². The van der Waals surface area contributed by atoms with Crippen molar-refractivity contribution < 1.29 is 18.0 Å². The van der Waals surface area contributed by atoms with Gasteiger partial charge in [0.2, 0.25) is 0 Å². The molecular formula is C16H23F3O. The maximum absolute atomic E-state index is 12.8. The number of Topliss-reactive ketones (excluding diaryl/α,β-unsaturated/α-hetero) is 1. The van der Waals surface area contributed by atoms with Gasteiger partial charge in [-0.25, -0.2) is 0 Å². The SMILES string of the molecule is O=C(CC1CC2CCC1C2)C1CCCC(C(F)(F)F)C1. The number of halogens is 3. The van der Waals surface area contributed by atoms with Crippen LogP contribution in [0.2, 0.25) is 0 Å². The van der Waals surface area contributed by atoms with Gasteiger partial charge in [0.05, 0.1) is 5.92 Å². The zero-order valence-corrected chi connectivity index (χ0v) is 11.8. The van der Waals surface area contributed by atoms with E-state index in [0.717, 1.165) is 12.3 Å². The predicted octanol–water partition coefficient (Wildman–Crippen LogP) is 4.75. The molecule has 0 amide bonds. The quantitative estimate of drug-likeness (QED) is 0.732. The number of hydrogen-bond donors (Lipinski definition) is 0. The highest BCUT2D eigenvalue weighted by molar-refractivity contribution is 5.81. The summed E-state index contributed by atoms with van der Waals surface area (Å²) in [6.45, 7) is 0. The Balaban J connectivity index is 1.54. The molecule has 0 aliphatic heterocycles. The molecule has 5 atom stereocenters. The smallest absolute Gasteiger partial charge is 0.299 e. The van der Waals surface area contributed by atoms with E-state index < -0.39 is 12.1 Å². The highest BCUT2D eigenvalue weighted by atomic mass is 19.4. The van der Waals surface area contributed by atoms with E-state index in [-0.39, 0.29) is 24.5 Å². The molecule has 3 saturated carbocycles. The van der Waals surface area contributed by atoms with Crippen molar-refractivity contribution in [2.24, 2.45) is 29.6 Å². The minimum Gasteiger partial charge on any atom is -0.299 e. The normalized spacial score (nSPS) is 41.0. The van der Waals surface area contributed by atoms with Gasteiger partial charge < -0.3 is 0 Å². The summed E-state index contributed by atoms with van der Waals surface area (Å²) in [5.41, 5.74) is 0. The molecular weight excluding hydrogens is 265 g/mol. The van der Waals surface area contributed by atoms with Crippen LogP contribution in [0.1, 0.15) is 57.8 Å². The van der Waals surface area contributed by atoms with Crippen molar-refractivity contribution in [3.8, 4) is 0 Å². The summed E-state index contributed by atoms with van der Waals surface area (Å²) < 4.78 is 38.4. The van der Waals surface area contributed by atoms with Gasteiger partial charge in [0.25, 0.3) is 0 Å². The van der Waals surface area contributed by atoms with E-state index in [1.165, 1.54) is 19.3 Å². The monoisotopic (exact) mass is 288 g/mol. The van der Waals surface area contributed by atoms with Crippen molar-refractivity contribution in [2.45, 2.75) is 64.0 Å². The fourth-order valence-electron chi connectivity index (χ4n) is 4.83. The summed E-state index contributed by atoms with van der Waals surface area (Å²) in [6.07, 6.45) is 2.85. The van der Waals surface area contributed by atoms with Crippen LogP contribution < -0.4 is 0 Å². The molecule has 3 aliphatic rings. The molecule has 1 nitrogen and oxygen atoms in total. The largest absolute Gasteiger partial charge is 0.391 e. The predicted molar refractivity (Wildman–Crippen MR) is 70.1 cm³/mol. The first-order valence-electron chi connectivity index (χ1n) is 8.03. The fourth-order valence-corrected chi connectivity index (χ4v) is 4.83. The van der Waals surface area contributed by atoms with Gasteiger partial charge in [-0.05, 0) is 56.3 Å². The highest BCUT2D eigenvalue weighted by Crippen LogP contribution is 2.50. The summed E-state index contributed by atoms with van der Waals surface area (Å²) in [7, 11) is 0. The average Bonchev–Trinajstić information content (AvgIpc) is 3.00. The molecule has 5 unspecified atom stereocenters. The van der Waals surface area contributed by atoms with E-state index in [1.807, 2.05) is 0 Å². The summed E-state index contributed by atoms with van der Waals surface area (Å²) in [6, 6.07) is 0. The Labute approximate surface area is 118 Å². The van der Waals surface area contributed by atoms with Crippen molar-refractivity contribution >= 4 is 5.78 Å². The zero-order chi connectivity index (χ0) is 14.3. The Hall–Kier alpha value is -0.540. The van der Waals surface area contributed by atoms with Gasteiger partial charge in [0.1, 0.15) is 5.78 Å². The minimum atomic E-state index is -4.12. The Morgan fingerprint density at radius 1 is 1.00 bits per heavy atom. The lowest BCUT2D eigenvalue weighted by molar-refractivity contribution is -0.186. The zero-order valence-electron chi connectivity index (χ0n) is 11.8. The van der Waals surface area contributed by atoms with E-state index in [9.17, 15) is 18.0 Å². The second-order valence-corrected chi connectivity index (χ2v) is 7.21. The maximum atomic E-state index is 12.8. The van der Waals surface area contributed by atoms with E-state index in [0.29, 0.717) is 31.1 Å². The van der Waals surface area contributed by atoms with Crippen LogP contribution in [-0.4, -0.2) is 12.0 Å². The molecule has 0 spiro atoms. The summed E-state index contributed by atoms with van der Waals surface area (Å²) in [5, 5.41) is 0. The van der Waals surface area contributed by atoms with Crippen molar-refractivity contribution in [3.05, 3.63) is 0 Å². The molecule has 114 valence electrons. The average molecular weight is 288 g/mol. The van der Waals surface area contributed by atoms with Gasteiger partial charge in [0.15, 0.2) is 0 Å². The van der Waals surface area contributed by atoms with Gasteiger partial charge in [-0.1, -0.05) is 12.8 Å². The minimum absolute atomic E-state index is 0.0448. The standard InChI is InChI=1S/C16H23F3O/c17-16(18,19)14-3-1-2-12(8-14)15(20)9-13-7-10-4-5-11(13)6-10/h10-14H,1-9H2. The number of hydrogen-bond acceptors (Lipinski definition) is 1. The molecule has 0 radical (unpaired) electrons. The fraction of sp³-hybridized carbons (Fsp3) is 0.938. The van der Waals surface area contributed by atoms with E-state index in [2.05, 4.69) is 0 Å². The van der Waals surface area contributed by atoms with Gasteiger partial charge in [0, 0.05) is 12.3 Å². The van der Waals surface area contributed by atoms with Crippen LogP contribution in [0.25, 0.3) is 0 Å². The van der Waals surface area contributed by atoms with Crippen molar-refractivity contribution in [3.63, 3.8) is 0 Å². The van der Waals surface area contributed by atoms with Crippen molar-refractivity contribution in [1.29, 1.82) is 0 Å². The third-order valence-corrected chi connectivity index (χ3v) is 5.94. The van der Waals surface area contributed by atoms with E-state index >= 15 is 0 Å². The molecule has 0 N–H and O–H groups in total. The molecule has 4 heteroatoms. The second kappa shape index (κ2) is 5.34. The van der Waals surface area contributed by atoms with Crippen LogP contribution in [0.4, 0.5) is 13.2 Å². The third-order valence-electron chi connectivity index (χ3n) is 5.94. The van der Waals surface area contributed by atoms with Gasteiger partial charge in [-0.3, -0.25) is 4.79 Å². The van der Waals surface area contributed by atoms with E-state index in [1.54, 1.807) is 0 Å². The lowest BCUT2D eigenvalue weighted by atomic mass is 9.75. The first kappa shape index (κ1) is 14.4. The topological polar surface area (TPSA) is 17.1 Å². The first-order valence-corrected chi connectivity index (χ1v) is 8.03. The van der Waals surface area contributed by atoms with Gasteiger partial charge >= 0.3 is 6.18 Å². The van der Waals surface area contributed by atoms with Crippen LogP contribution in [0.3, 0.4) is 0 Å². The number of ketones is 1. The molecule has 3 rings (SSSR count). The lowest BCUT2D eigenvalue weighted by Crippen LogP contribution is -2.32. The Morgan fingerprint density at radius 3 is 2.40 bits per heavy atom. The molecule has 0 heterocycles. The third kappa shape index (κ3) is 2.89. The highest BCUT2D eigenvalue weighted by Gasteiger charge is 2.45. The first-order chi connectivity index (χ1) is 9.43. The number of carbonyl (C=O) groups is 1. The second-order valence-electron chi connectivity index (χ2n) is 7.21. The summed E-state index contributed by atoms with van der Waals surface area (Å²) in [4.78, 5) is 12.3. The lowest BCUT2D eigenvalue weighted by Gasteiger charge is -2.31. The maximum Gasteiger partial charge on any atom is 0.391 e. The van der Waals surface area contributed by atoms with Crippen LogP contribution in [-0.2, 0) is 4.79 Å². The van der Waals surface area contributed by atoms with Crippen molar-refractivity contribution in [2.75, 3.05) is 0 Å². The molecule has 0 saturated heterocycles. The number of rotatable bonds is 3. The van der Waals surface area contributed by atoms with E-state index in [4.69, 9.17) is 0 Å². The molecule has 2 bridgehead atoms.